The highest BCUT2D eigenvalue weighted by atomic mass is 16.1. The van der Waals surface area contributed by atoms with Crippen molar-refractivity contribution >= 4 is 22.5 Å². The molecule has 1 aliphatic heterocycles. The van der Waals surface area contributed by atoms with Crippen LogP contribution in [-0.4, -0.2) is 22.3 Å². The number of benzene rings is 3. The summed E-state index contributed by atoms with van der Waals surface area (Å²) in [6.45, 7) is 4.65. The maximum absolute atomic E-state index is 13.6. The van der Waals surface area contributed by atoms with E-state index in [0.717, 1.165) is 65.9 Å². The summed E-state index contributed by atoms with van der Waals surface area (Å²) in [5, 5.41) is 4.07. The van der Waals surface area contributed by atoms with Crippen molar-refractivity contribution in [2.75, 3.05) is 11.9 Å². The van der Waals surface area contributed by atoms with Gasteiger partial charge in [0.05, 0.1) is 11.1 Å². The highest BCUT2D eigenvalue weighted by Gasteiger charge is 2.26. The molecule has 0 aliphatic carbocycles. The average Bonchev–Trinajstić information content (AvgIpc) is 2.83. The SMILES string of the molecule is CCc1cccc(NC(=O)c2c3c(nc4ccccc24)CCN(Cc2ccccc2)C3)c1. The van der Waals surface area contributed by atoms with Crippen LogP contribution in [0.1, 0.15) is 39.7 Å². The Morgan fingerprint density at radius 3 is 2.59 bits per heavy atom. The van der Waals surface area contributed by atoms with Gasteiger partial charge in [-0.05, 0) is 35.7 Å². The van der Waals surface area contributed by atoms with Gasteiger partial charge < -0.3 is 5.32 Å². The second-order valence-corrected chi connectivity index (χ2v) is 8.38. The lowest BCUT2D eigenvalue weighted by molar-refractivity contribution is 0.102. The maximum atomic E-state index is 13.6. The molecule has 0 atom stereocenters. The van der Waals surface area contributed by atoms with E-state index in [-0.39, 0.29) is 5.91 Å². The van der Waals surface area contributed by atoms with E-state index in [9.17, 15) is 4.79 Å². The third-order valence-corrected chi connectivity index (χ3v) is 6.19. The van der Waals surface area contributed by atoms with Crippen LogP contribution in [-0.2, 0) is 25.9 Å². The molecule has 1 amide bonds. The summed E-state index contributed by atoms with van der Waals surface area (Å²) < 4.78 is 0. The lowest BCUT2D eigenvalue weighted by Gasteiger charge is -2.30. The van der Waals surface area contributed by atoms with E-state index in [1.165, 1.54) is 11.1 Å². The van der Waals surface area contributed by atoms with Gasteiger partial charge in [0, 0.05) is 48.4 Å². The Balaban J connectivity index is 1.52. The first kappa shape index (κ1) is 20.4. The van der Waals surface area contributed by atoms with Crippen molar-refractivity contribution in [3.05, 3.63) is 107 Å². The number of pyridine rings is 1. The molecule has 2 heterocycles. The number of hydrogen-bond donors (Lipinski definition) is 1. The van der Waals surface area contributed by atoms with E-state index in [4.69, 9.17) is 4.98 Å². The van der Waals surface area contributed by atoms with Crippen molar-refractivity contribution < 1.29 is 4.79 Å². The van der Waals surface area contributed by atoms with Crippen molar-refractivity contribution in [3.8, 4) is 0 Å². The van der Waals surface area contributed by atoms with Gasteiger partial charge in [-0.15, -0.1) is 0 Å². The van der Waals surface area contributed by atoms with Crippen molar-refractivity contribution in [3.63, 3.8) is 0 Å². The van der Waals surface area contributed by atoms with Crippen LogP contribution in [0.4, 0.5) is 5.69 Å². The Bertz CT molecular complexity index is 1270. The van der Waals surface area contributed by atoms with Gasteiger partial charge >= 0.3 is 0 Å². The zero-order chi connectivity index (χ0) is 21.9. The fourth-order valence-electron chi connectivity index (χ4n) is 4.54. The van der Waals surface area contributed by atoms with E-state index in [0.29, 0.717) is 0 Å². The van der Waals surface area contributed by atoms with Gasteiger partial charge in [-0.1, -0.05) is 67.6 Å². The first-order valence-electron chi connectivity index (χ1n) is 11.3. The third kappa shape index (κ3) is 4.14. The Labute approximate surface area is 188 Å². The number of rotatable bonds is 5. The van der Waals surface area contributed by atoms with Crippen molar-refractivity contribution in [2.45, 2.75) is 32.9 Å². The number of fused-ring (bicyclic) bond motifs is 2. The van der Waals surface area contributed by atoms with Gasteiger partial charge in [0.2, 0.25) is 0 Å². The highest BCUT2D eigenvalue weighted by molar-refractivity contribution is 6.13. The van der Waals surface area contributed by atoms with E-state index in [1.54, 1.807) is 0 Å². The number of nitrogens with zero attached hydrogens (tertiary/aromatic N) is 2. The third-order valence-electron chi connectivity index (χ3n) is 6.19. The van der Waals surface area contributed by atoms with Crippen LogP contribution in [0.5, 0.6) is 0 Å². The molecule has 0 unspecified atom stereocenters. The summed E-state index contributed by atoms with van der Waals surface area (Å²) in [5.41, 5.74) is 7.06. The number of aromatic nitrogens is 1. The number of anilines is 1. The minimum absolute atomic E-state index is 0.0605. The molecule has 0 fully saturated rings. The molecule has 32 heavy (non-hydrogen) atoms. The lowest BCUT2D eigenvalue weighted by Crippen LogP contribution is -2.32. The molecule has 0 spiro atoms. The normalized spacial score (nSPS) is 13.7. The predicted molar refractivity (Wildman–Crippen MR) is 130 cm³/mol. The van der Waals surface area contributed by atoms with E-state index < -0.39 is 0 Å². The number of hydrogen-bond acceptors (Lipinski definition) is 3. The van der Waals surface area contributed by atoms with Crippen molar-refractivity contribution in [1.29, 1.82) is 0 Å². The molecule has 1 aromatic heterocycles. The van der Waals surface area contributed by atoms with Crippen LogP contribution in [0.3, 0.4) is 0 Å². The zero-order valence-corrected chi connectivity index (χ0v) is 18.3. The van der Waals surface area contributed by atoms with Crippen LogP contribution >= 0.6 is 0 Å². The Hall–Kier alpha value is -3.50. The van der Waals surface area contributed by atoms with Crippen LogP contribution in [0.15, 0.2) is 78.9 Å². The molecule has 160 valence electrons. The molecule has 0 bridgehead atoms. The minimum Gasteiger partial charge on any atom is -0.322 e. The monoisotopic (exact) mass is 421 g/mol. The van der Waals surface area contributed by atoms with Crippen LogP contribution in [0.25, 0.3) is 10.9 Å². The van der Waals surface area contributed by atoms with Gasteiger partial charge in [-0.25, -0.2) is 0 Å². The molecule has 4 heteroatoms. The molecule has 1 N–H and O–H groups in total. The summed E-state index contributed by atoms with van der Waals surface area (Å²) in [6.07, 6.45) is 1.78. The molecule has 0 saturated heterocycles. The molecule has 4 nitrogen and oxygen atoms in total. The standard InChI is InChI=1S/C28H27N3O/c1-2-20-11-8-12-22(17-20)29-28(32)27-23-13-6-7-14-25(23)30-26-15-16-31(19-24(26)27)18-21-9-4-3-5-10-21/h3-14,17H,2,15-16,18-19H2,1H3,(H,29,32). The molecule has 1 aliphatic rings. The zero-order valence-electron chi connectivity index (χ0n) is 18.3. The Morgan fingerprint density at radius 1 is 0.969 bits per heavy atom. The van der Waals surface area contributed by atoms with Gasteiger partial charge in [-0.2, -0.15) is 0 Å². The first-order chi connectivity index (χ1) is 15.7. The summed E-state index contributed by atoms with van der Waals surface area (Å²) >= 11 is 0. The fourth-order valence-corrected chi connectivity index (χ4v) is 4.54. The number of aryl methyl sites for hydroxylation is 1. The number of carbonyl (C=O) groups is 1. The maximum Gasteiger partial charge on any atom is 0.256 e. The summed E-state index contributed by atoms with van der Waals surface area (Å²) in [6, 6.07) is 26.6. The van der Waals surface area contributed by atoms with E-state index in [2.05, 4.69) is 53.5 Å². The number of nitrogens with one attached hydrogen (secondary N) is 1. The van der Waals surface area contributed by atoms with Gasteiger partial charge in [0.15, 0.2) is 0 Å². The van der Waals surface area contributed by atoms with Crippen LogP contribution in [0, 0.1) is 0 Å². The second kappa shape index (κ2) is 8.93. The van der Waals surface area contributed by atoms with Crippen molar-refractivity contribution in [1.82, 2.24) is 9.88 Å². The highest BCUT2D eigenvalue weighted by Crippen LogP contribution is 2.29. The van der Waals surface area contributed by atoms with Gasteiger partial charge in [0.1, 0.15) is 0 Å². The largest absolute Gasteiger partial charge is 0.322 e. The summed E-state index contributed by atoms with van der Waals surface area (Å²) in [5.74, 6) is -0.0605. The summed E-state index contributed by atoms with van der Waals surface area (Å²) in [7, 11) is 0. The van der Waals surface area contributed by atoms with Crippen molar-refractivity contribution in [2.24, 2.45) is 0 Å². The number of para-hydroxylation sites is 1. The number of carbonyl (C=O) groups excluding carboxylic acids is 1. The van der Waals surface area contributed by atoms with Gasteiger partial charge in [0.25, 0.3) is 5.91 Å². The molecule has 0 radical (unpaired) electrons. The second-order valence-electron chi connectivity index (χ2n) is 8.38. The average molecular weight is 422 g/mol. The first-order valence-corrected chi connectivity index (χ1v) is 11.3. The molecule has 0 saturated carbocycles. The molecular weight excluding hydrogens is 394 g/mol. The molecule has 4 aromatic rings. The Kier molecular flexibility index (Phi) is 5.70. The van der Waals surface area contributed by atoms with Gasteiger partial charge in [-0.3, -0.25) is 14.7 Å². The molecular formula is C28H27N3O. The predicted octanol–water partition coefficient (Wildman–Crippen LogP) is 5.61. The van der Waals surface area contributed by atoms with E-state index in [1.807, 2.05) is 42.5 Å². The summed E-state index contributed by atoms with van der Waals surface area (Å²) in [4.78, 5) is 20.9. The molecule has 3 aromatic carbocycles. The smallest absolute Gasteiger partial charge is 0.256 e. The lowest BCUT2D eigenvalue weighted by atomic mass is 9.94. The minimum atomic E-state index is -0.0605. The van der Waals surface area contributed by atoms with Crippen LogP contribution < -0.4 is 5.32 Å². The quantitative estimate of drug-likeness (QED) is 0.456. The topological polar surface area (TPSA) is 45.2 Å². The fraction of sp³-hybridized carbons (Fsp3) is 0.214. The van der Waals surface area contributed by atoms with E-state index >= 15 is 0 Å². The van der Waals surface area contributed by atoms with Crippen LogP contribution in [0.2, 0.25) is 0 Å². The molecule has 5 rings (SSSR count). The Morgan fingerprint density at radius 2 is 1.75 bits per heavy atom. The number of amides is 1.